The van der Waals surface area contributed by atoms with Crippen molar-refractivity contribution in [2.75, 3.05) is 25.1 Å². The van der Waals surface area contributed by atoms with E-state index in [-0.39, 0.29) is 13.2 Å². The van der Waals surface area contributed by atoms with Gasteiger partial charge in [-0.1, -0.05) is 24.3 Å². The second kappa shape index (κ2) is 11.8. The molecule has 0 saturated carbocycles. The molecule has 2 aromatic carbocycles. The lowest BCUT2D eigenvalue weighted by molar-refractivity contribution is 0.0668. The highest BCUT2D eigenvalue weighted by molar-refractivity contribution is 7.93. The van der Waals surface area contributed by atoms with Gasteiger partial charge >= 0.3 is 0 Å². The normalized spacial score (nSPS) is 13.0. The summed E-state index contributed by atoms with van der Waals surface area (Å²) >= 11 is 0. The zero-order valence-electron chi connectivity index (χ0n) is 20.4. The van der Waals surface area contributed by atoms with Crippen LogP contribution in [0.2, 0.25) is 0 Å². The molecule has 0 amide bonds. The Labute approximate surface area is 207 Å². The molecule has 1 heterocycles. The van der Waals surface area contributed by atoms with Crippen molar-refractivity contribution in [1.82, 2.24) is 9.97 Å². The lowest BCUT2D eigenvalue weighted by Gasteiger charge is -2.31. The Kier molecular flexibility index (Phi) is 8.84. The molecule has 0 N–H and O–H groups in total. The summed E-state index contributed by atoms with van der Waals surface area (Å²) in [7, 11) is -0.850. The van der Waals surface area contributed by atoms with Crippen LogP contribution in [0.1, 0.15) is 30.0 Å². The summed E-state index contributed by atoms with van der Waals surface area (Å²) in [6, 6.07) is 14.2. The van der Waals surface area contributed by atoms with E-state index in [1.54, 1.807) is 68.9 Å². The van der Waals surface area contributed by atoms with Gasteiger partial charge in [0.25, 0.3) is 0 Å². The average Bonchev–Trinajstić information content (AvgIpc) is 2.88. The summed E-state index contributed by atoms with van der Waals surface area (Å²) in [6.07, 6.45) is 3.95. The fourth-order valence-electron chi connectivity index (χ4n) is 3.49. The summed E-state index contributed by atoms with van der Waals surface area (Å²) in [4.78, 5) is 8.68. The van der Waals surface area contributed by atoms with E-state index in [4.69, 9.17) is 14.2 Å². The molecule has 0 aliphatic rings. The minimum atomic E-state index is -3.97. The molecule has 35 heavy (non-hydrogen) atoms. The maximum absolute atomic E-state index is 14.1. The second-order valence-electron chi connectivity index (χ2n) is 7.97. The second-order valence-corrected chi connectivity index (χ2v) is 10.2. The standard InChI is InChI=1S/C26H31N3O5S/c1-6-14-34-25(26-27-16-19(2)17-28-26)20(3)35(30,31)29(22-8-7-9-24(15-22)33-5)18-21-10-12-23(32-4)13-11-21/h6-13,15-17,20,25H,1,14,18H2,2-5H3/t20-,25+/m0/s1. The molecule has 8 nitrogen and oxygen atoms in total. The highest BCUT2D eigenvalue weighted by atomic mass is 32.2. The van der Waals surface area contributed by atoms with Crippen molar-refractivity contribution >= 4 is 15.7 Å². The molecular weight excluding hydrogens is 466 g/mol. The van der Waals surface area contributed by atoms with Crippen LogP contribution in [0.5, 0.6) is 11.5 Å². The number of hydrogen-bond donors (Lipinski definition) is 0. The molecule has 0 aliphatic carbocycles. The molecule has 0 unspecified atom stereocenters. The zero-order valence-corrected chi connectivity index (χ0v) is 21.2. The van der Waals surface area contributed by atoms with Crippen LogP contribution in [0, 0.1) is 6.92 Å². The Morgan fingerprint density at radius 2 is 1.69 bits per heavy atom. The van der Waals surface area contributed by atoms with Crippen LogP contribution in [0.25, 0.3) is 0 Å². The molecule has 9 heteroatoms. The number of aryl methyl sites for hydroxylation is 1. The largest absolute Gasteiger partial charge is 0.497 e. The van der Waals surface area contributed by atoms with Crippen LogP contribution in [0.15, 0.2) is 73.6 Å². The van der Waals surface area contributed by atoms with Gasteiger partial charge in [0.05, 0.1) is 33.1 Å². The molecule has 3 rings (SSSR count). The molecule has 186 valence electrons. The molecule has 3 aromatic rings. The third-order valence-electron chi connectivity index (χ3n) is 5.48. The monoisotopic (exact) mass is 497 g/mol. The molecule has 2 atom stereocenters. The summed E-state index contributed by atoms with van der Waals surface area (Å²) in [5.41, 5.74) is 2.13. The Morgan fingerprint density at radius 1 is 1.03 bits per heavy atom. The number of sulfonamides is 1. The minimum absolute atomic E-state index is 0.104. The van der Waals surface area contributed by atoms with E-state index in [1.807, 2.05) is 19.1 Å². The molecular formula is C26H31N3O5S. The smallest absolute Gasteiger partial charge is 0.241 e. The molecule has 0 fully saturated rings. The Bertz CT molecular complexity index is 1210. The Hall–Kier alpha value is -3.43. The Morgan fingerprint density at radius 3 is 2.29 bits per heavy atom. The van der Waals surface area contributed by atoms with E-state index in [1.165, 1.54) is 11.4 Å². The van der Waals surface area contributed by atoms with E-state index in [2.05, 4.69) is 16.5 Å². The van der Waals surface area contributed by atoms with Gasteiger partial charge < -0.3 is 14.2 Å². The number of anilines is 1. The summed E-state index contributed by atoms with van der Waals surface area (Å²) in [5.74, 6) is 1.53. The first-order chi connectivity index (χ1) is 16.8. The lowest BCUT2D eigenvalue weighted by Crippen LogP contribution is -2.41. The van der Waals surface area contributed by atoms with E-state index >= 15 is 0 Å². The van der Waals surface area contributed by atoms with Crippen molar-refractivity contribution in [3.8, 4) is 11.5 Å². The zero-order chi connectivity index (χ0) is 25.4. The number of nitrogens with zero attached hydrogens (tertiary/aromatic N) is 3. The average molecular weight is 498 g/mol. The third kappa shape index (κ3) is 6.37. The molecule has 0 aliphatic heterocycles. The first kappa shape index (κ1) is 26.2. The first-order valence-corrected chi connectivity index (χ1v) is 12.6. The van der Waals surface area contributed by atoms with Crippen molar-refractivity contribution in [2.45, 2.75) is 31.7 Å². The van der Waals surface area contributed by atoms with Crippen molar-refractivity contribution in [3.63, 3.8) is 0 Å². The van der Waals surface area contributed by atoms with Gasteiger partial charge in [0.1, 0.15) is 22.9 Å². The summed E-state index contributed by atoms with van der Waals surface area (Å²) < 4.78 is 46.0. The van der Waals surface area contributed by atoms with Gasteiger partial charge in [-0.3, -0.25) is 4.31 Å². The van der Waals surface area contributed by atoms with Gasteiger partial charge in [0, 0.05) is 18.5 Å². The van der Waals surface area contributed by atoms with Gasteiger partial charge in [0.15, 0.2) is 5.82 Å². The number of methoxy groups -OCH3 is 2. The highest BCUT2D eigenvalue weighted by Crippen LogP contribution is 2.32. The number of hydrogen-bond acceptors (Lipinski definition) is 7. The van der Waals surface area contributed by atoms with Crippen molar-refractivity contribution in [1.29, 1.82) is 0 Å². The number of aromatic nitrogens is 2. The SMILES string of the molecule is C=CCO[C@@H](c1ncc(C)cn1)[C@H](C)S(=O)(=O)N(Cc1ccc(OC)cc1)c1cccc(OC)c1. The van der Waals surface area contributed by atoms with Gasteiger partial charge in [-0.25, -0.2) is 18.4 Å². The van der Waals surface area contributed by atoms with Crippen molar-refractivity contribution in [2.24, 2.45) is 0 Å². The van der Waals surface area contributed by atoms with E-state index in [0.29, 0.717) is 23.0 Å². The highest BCUT2D eigenvalue weighted by Gasteiger charge is 2.38. The fourth-order valence-corrected chi connectivity index (χ4v) is 5.14. The van der Waals surface area contributed by atoms with Crippen LogP contribution in [-0.4, -0.2) is 44.5 Å². The van der Waals surface area contributed by atoms with Gasteiger partial charge in [-0.15, -0.1) is 6.58 Å². The number of rotatable bonds is 12. The number of benzene rings is 2. The minimum Gasteiger partial charge on any atom is -0.497 e. The summed E-state index contributed by atoms with van der Waals surface area (Å²) in [6.45, 7) is 7.41. The van der Waals surface area contributed by atoms with Gasteiger partial charge in [0.2, 0.25) is 10.0 Å². The predicted molar refractivity (Wildman–Crippen MR) is 136 cm³/mol. The maximum Gasteiger partial charge on any atom is 0.241 e. The van der Waals surface area contributed by atoms with E-state index in [0.717, 1.165) is 11.1 Å². The van der Waals surface area contributed by atoms with Crippen LogP contribution < -0.4 is 13.8 Å². The first-order valence-electron chi connectivity index (χ1n) is 11.1. The van der Waals surface area contributed by atoms with Crippen molar-refractivity contribution < 1.29 is 22.6 Å². The quantitative estimate of drug-likeness (QED) is 0.341. The summed E-state index contributed by atoms with van der Waals surface area (Å²) in [5, 5.41) is -1.00. The molecule has 1 aromatic heterocycles. The molecule has 0 bridgehead atoms. The Balaban J connectivity index is 2.05. The van der Waals surface area contributed by atoms with Crippen LogP contribution >= 0.6 is 0 Å². The predicted octanol–water partition coefficient (Wildman–Crippen LogP) is 4.47. The van der Waals surface area contributed by atoms with E-state index in [9.17, 15) is 8.42 Å². The topological polar surface area (TPSA) is 90.9 Å². The lowest BCUT2D eigenvalue weighted by atomic mass is 10.2. The van der Waals surface area contributed by atoms with Crippen molar-refractivity contribution in [3.05, 3.63) is 90.5 Å². The number of ether oxygens (including phenoxy) is 3. The fraction of sp³-hybridized carbons (Fsp3) is 0.308. The van der Waals surface area contributed by atoms with Gasteiger partial charge in [-0.2, -0.15) is 0 Å². The molecule has 0 radical (unpaired) electrons. The molecule has 0 saturated heterocycles. The van der Waals surface area contributed by atoms with Crippen LogP contribution in [0.4, 0.5) is 5.69 Å². The van der Waals surface area contributed by atoms with Gasteiger partial charge in [-0.05, 0) is 49.2 Å². The molecule has 0 spiro atoms. The van der Waals surface area contributed by atoms with E-state index < -0.39 is 21.4 Å². The maximum atomic E-state index is 14.1. The van der Waals surface area contributed by atoms with Crippen LogP contribution in [-0.2, 0) is 21.3 Å². The van der Waals surface area contributed by atoms with Crippen LogP contribution in [0.3, 0.4) is 0 Å². The third-order valence-corrected chi connectivity index (χ3v) is 7.62.